The minimum atomic E-state index is -5.14. The summed E-state index contributed by atoms with van der Waals surface area (Å²) in [6, 6.07) is -1.20. The van der Waals surface area contributed by atoms with Crippen LogP contribution in [0.2, 0.25) is 0 Å². The Morgan fingerprint density at radius 2 is 1.70 bits per heavy atom. The van der Waals surface area contributed by atoms with Gasteiger partial charge in [0.1, 0.15) is 18.1 Å². The molecule has 9 nitrogen and oxygen atoms in total. The monoisotopic (exact) mass is 605 g/mol. The molecule has 0 radical (unpaired) electrons. The first-order valence-electron chi connectivity index (χ1n) is 15.9. The van der Waals surface area contributed by atoms with Gasteiger partial charge in [0.15, 0.2) is 0 Å². The molecule has 2 heterocycles. The Kier molecular flexibility index (Phi) is 7.48. The highest BCUT2D eigenvalue weighted by Gasteiger charge is 2.70. The molecular formula is C31H42F3N5O4. The Morgan fingerprint density at radius 3 is 2.28 bits per heavy atom. The van der Waals surface area contributed by atoms with Gasteiger partial charge in [-0.1, -0.05) is 20.3 Å². The zero-order valence-electron chi connectivity index (χ0n) is 24.8. The van der Waals surface area contributed by atoms with Crippen LogP contribution in [0.4, 0.5) is 13.2 Å². The van der Waals surface area contributed by atoms with Gasteiger partial charge in [0.2, 0.25) is 17.7 Å². The van der Waals surface area contributed by atoms with Crippen molar-refractivity contribution < 1.29 is 32.3 Å². The Balaban J connectivity index is 1.25. The number of nitrogens with zero attached hydrogens (tertiary/aromatic N) is 2. The first-order chi connectivity index (χ1) is 20.2. The molecule has 6 atom stereocenters. The molecule has 43 heavy (non-hydrogen) atoms. The Labute approximate surface area is 250 Å². The van der Waals surface area contributed by atoms with Crippen molar-refractivity contribution in [1.82, 2.24) is 20.9 Å². The maximum absolute atomic E-state index is 14.4. The molecule has 7 aliphatic rings. The maximum atomic E-state index is 14.4. The lowest BCUT2D eigenvalue weighted by molar-refractivity contribution is -0.179. The molecule has 5 aliphatic carbocycles. The number of piperidine rings is 1. The number of carbonyl (C=O) groups is 4. The van der Waals surface area contributed by atoms with Gasteiger partial charge in [-0.25, -0.2) is 0 Å². The van der Waals surface area contributed by atoms with Crippen molar-refractivity contribution in [2.75, 3.05) is 13.1 Å². The van der Waals surface area contributed by atoms with Gasteiger partial charge in [-0.2, -0.15) is 18.4 Å². The second-order valence-corrected chi connectivity index (χ2v) is 15.0. The summed E-state index contributed by atoms with van der Waals surface area (Å²) in [5, 5.41) is 17.6. The van der Waals surface area contributed by atoms with Crippen LogP contribution in [0.5, 0.6) is 0 Å². The van der Waals surface area contributed by atoms with E-state index in [0.29, 0.717) is 50.0 Å². The van der Waals surface area contributed by atoms with Gasteiger partial charge in [-0.05, 0) is 92.8 Å². The molecule has 7 rings (SSSR count). The Morgan fingerprint density at radius 1 is 1.07 bits per heavy atom. The van der Waals surface area contributed by atoms with E-state index < -0.39 is 53.4 Å². The molecule has 4 bridgehead atoms. The van der Waals surface area contributed by atoms with Crippen molar-refractivity contribution >= 4 is 23.6 Å². The number of nitrogens with one attached hydrogen (secondary N) is 3. The van der Waals surface area contributed by atoms with Crippen LogP contribution in [0.25, 0.3) is 0 Å². The summed E-state index contributed by atoms with van der Waals surface area (Å²) in [7, 11) is 0. The molecule has 0 aromatic rings. The quantitative estimate of drug-likeness (QED) is 0.411. The number of hydrogen-bond acceptors (Lipinski definition) is 5. The third-order valence-corrected chi connectivity index (χ3v) is 11.9. The highest BCUT2D eigenvalue weighted by molar-refractivity contribution is 5.95. The van der Waals surface area contributed by atoms with E-state index in [1.807, 2.05) is 13.8 Å². The van der Waals surface area contributed by atoms with Crippen molar-refractivity contribution in [2.45, 2.75) is 102 Å². The van der Waals surface area contributed by atoms with Gasteiger partial charge in [-0.15, -0.1) is 0 Å². The summed E-state index contributed by atoms with van der Waals surface area (Å²) in [5.41, 5.74) is -1.02. The average Bonchev–Trinajstić information content (AvgIpc) is 3.29. The molecule has 5 saturated carbocycles. The summed E-state index contributed by atoms with van der Waals surface area (Å²) in [6.07, 6.45) is 2.09. The van der Waals surface area contributed by atoms with Crippen molar-refractivity contribution in [2.24, 2.45) is 46.3 Å². The van der Waals surface area contributed by atoms with Crippen LogP contribution in [0.15, 0.2) is 0 Å². The average molecular weight is 606 g/mol. The second-order valence-electron chi connectivity index (χ2n) is 15.0. The van der Waals surface area contributed by atoms with E-state index in [4.69, 9.17) is 0 Å². The van der Waals surface area contributed by atoms with Crippen LogP contribution in [0, 0.1) is 57.7 Å². The number of nitriles is 1. The Bertz CT molecular complexity index is 1190. The summed E-state index contributed by atoms with van der Waals surface area (Å²) in [4.78, 5) is 54.5. The third kappa shape index (κ3) is 5.39. The van der Waals surface area contributed by atoms with Crippen LogP contribution in [-0.2, 0) is 19.2 Å². The van der Waals surface area contributed by atoms with E-state index in [9.17, 15) is 37.6 Å². The topological polar surface area (TPSA) is 131 Å². The van der Waals surface area contributed by atoms with E-state index in [0.717, 1.165) is 32.1 Å². The molecule has 236 valence electrons. The smallest absolute Gasteiger partial charge is 0.356 e. The first kappa shape index (κ1) is 30.2. The van der Waals surface area contributed by atoms with Crippen LogP contribution in [0.3, 0.4) is 0 Å². The van der Waals surface area contributed by atoms with Gasteiger partial charge >= 0.3 is 12.1 Å². The summed E-state index contributed by atoms with van der Waals surface area (Å²) >= 11 is 0. The highest BCUT2D eigenvalue weighted by Crippen LogP contribution is 2.66. The van der Waals surface area contributed by atoms with Crippen LogP contribution >= 0.6 is 0 Å². The normalized spacial score (nSPS) is 38.7. The largest absolute Gasteiger partial charge is 0.471 e. The van der Waals surface area contributed by atoms with Crippen LogP contribution < -0.4 is 16.0 Å². The van der Waals surface area contributed by atoms with E-state index >= 15 is 0 Å². The van der Waals surface area contributed by atoms with Gasteiger partial charge in [-0.3, -0.25) is 19.2 Å². The zero-order chi connectivity index (χ0) is 30.9. The van der Waals surface area contributed by atoms with Crippen LogP contribution in [0.1, 0.15) is 78.1 Å². The molecule has 0 aromatic carbocycles. The molecule has 0 spiro atoms. The molecule has 4 amide bonds. The SMILES string of the molecule is CC1(C)[C@@H]2[C@@H](C(=O)N[C@H](C#N)CC3CCCCNC3=O)N(C(=O)C(NC(=O)C(F)(F)F)C34CC5CC(CC(C5)C3)C4)C[C@@H]21. The van der Waals surface area contributed by atoms with Gasteiger partial charge < -0.3 is 20.9 Å². The fourth-order valence-corrected chi connectivity index (χ4v) is 10.1. The van der Waals surface area contributed by atoms with Gasteiger partial charge in [0.05, 0.1) is 6.07 Å². The molecule has 2 aliphatic heterocycles. The van der Waals surface area contributed by atoms with Crippen LogP contribution in [-0.4, -0.2) is 65.9 Å². The fourth-order valence-electron chi connectivity index (χ4n) is 10.1. The predicted molar refractivity (Wildman–Crippen MR) is 147 cm³/mol. The molecule has 2 saturated heterocycles. The number of alkyl halides is 3. The number of fused-ring (bicyclic) bond motifs is 1. The zero-order valence-corrected chi connectivity index (χ0v) is 24.8. The molecule has 3 N–H and O–H groups in total. The lowest BCUT2D eigenvalue weighted by atomic mass is 9.47. The lowest BCUT2D eigenvalue weighted by Gasteiger charge is -2.59. The van der Waals surface area contributed by atoms with Crippen molar-refractivity contribution in [1.29, 1.82) is 5.26 Å². The molecule has 12 heteroatoms. The van der Waals surface area contributed by atoms with E-state index in [1.165, 1.54) is 4.90 Å². The minimum Gasteiger partial charge on any atom is -0.356 e. The maximum Gasteiger partial charge on any atom is 0.471 e. The second kappa shape index (κ2) is 10.7. The fraction of sp³-hybridized carbons (Fsp3) is 0.839. The predicted octanol–water partition coefficient (Wildman–Crippen LogP) is 3.05. The summed E-state index contributed by atoms with van der Waals surface area (Å²) in [5.74, 6) is -3.10. The lowest BCUT2D eigenvalue weighted by Crippen LogP contribution is -2.65. The third-order valence-electron chi connectivity index (χ3n) is 11.9. The molecule has 7 fully saturated rings. The Hall–Kier alpha value is -2.84. The number of amides is 4. The number of rotatable bonds is 7. The van der Waals surface area contributed by atoms with Crippen molar-refractivity contribution in [3.05, 3.63) is 0 Å². The van der Waals surface area contributed by atoms with Gasteiger partial charge in [0, 0.05) is 24.4 Å². The van der Waals surface area contributed by atoms with E-state index in [1.54, 1.807) is 0 Å². The molecule has 2 unspecified atom stereocenters. The summed E-state index contributed by atoms with van der Waals surface area (Å²) < 4.78 is 40.7. The van der Waals surface area contributed by atoms with Crippen molar-refractivity contribution in [3.8, 4) is 6.07 Å². The van der Waals surface area contributed by atoms with Gasteiger partial charge in [0.25, 0.3) is 0 Å². The minimum absolute atomic E-state index is 0.0179. The number of hydrogen-bond donors (Lipinski definition) is 3. The number of likely N-dealkylation sites (tertiary alicyclic amines) is 1. The van der Waals surface area contributed by atoms with Crippen molar-refractivity contribution in [3.63, 3.8) is 0 Å². The first-order valence-corrected chi connectivity index (χ1v) is 15.9. The standard InChI is InChI=1S/C31H42F3N5O4/c1-29(2)21-15-39(23(22(21)29)26(41)37-20(14-35)10-19-5-3-4-6-36-25(19)40)27(42)24(38-28(43)31(32,33)34)30-11-16-7-17(12-30)9-18(8-16)13-30/h16-24H,3-13,15H2,1-2H3,(H,36,40)(H,37,41)(H,38,43)/t16?,17?,18?,19?,20-,21-,22-,23-,24?,30?/m0/s1. The summed E-state index contributed by atoms with van der Waals surface area (Å²) in [6.45, 7) is 4.79. The number of halogens is 3. The van der Waals surface area contributed by atoms with E-state index in [2.05, 4.69) is 22.0 Å². The number of carbonyl (C=O) groups excluding carboxylic acids is 4. The highest BCUT2D eigenvalue weighted by atomic mass is 19.4. The van der Waals surface area contributed by atoms with E-state index in [-0.39, 0.29) is 36.1 Å². The molecular weight excluding hydrogens is 563 g/mol. The molecule has 0 aromatic heterocycles.